The van der Waals surface area contributed by atoms with E-state index in [1.165, 1.54) is 0 Å². The van der Waals surface area contributed by atoms with Crippen molar-refractivity contribution >= 4 is 12.2 Å². The van der Waals surface area contributed by atoms with E-state index in [-0.39, 0.29) is 6.67 Å². The summed E-state index contributed by atoms with van der Waals surface area (Å²) in [5, 5.41) is 0. The summed E-state index contributed by atoms with van der Waals surface area (Å²) in [5.41, 5.74) is 1.99. The highest BCUT2D eigenvalue weighted by molar-refractivity contribution is 5.65. The second-order valence-corrected chi connectivity index (χ2v) is 3.09. The molecule has 80 valence electrons. The van der Waals surface area contributed by atoms with Crippen molar-refractivity contribution < 1.29 is 9.13 Å². The Morgan fingerprint density at radius 1 is 1.20 bits per heavy atom. The van der Waals surface area contributed by atoms with Crippen LogP contribution in [0.3, 0.4) is 0 Å². The van der Waals surface area contributed by atoms with Crippen LogP contribution < -0.4 is 4.74 Å². The van der Waals surface area contributed by atoms with Crippen molar-refractivity contribution in [3.05, 3.63) is 42.5 Å². The van der Waals surface area contributed by atoms with Gasteiger partial charge in [-0.1, -0.05) is 31.4 Å². The number of hydrogen-bond donors (Lipinski definition) is 0. The van der Waals surface area contributed by atoms with E-state index in [0.29, 0.717) is 13.0 Å². The number of hydrogen-bond acceptors (Lipinski definition) is 1. The SMILES string of the molecule is C=Cc1ccc(OCCCF)cc1C=C. The van der Waals surface area contributed by atoms with Gasteiger partial charge in [-0.2, -0.15) is 0 Å². The highest BCUT2D eigenvalue weighted by Crippen LogP contribution is 2.19. The van der Waals surface area contributed by atoms with Crippen molar-refractivity contribution in [1.82, 2.24) is 0 Å². The molecule has 1 rings (SSSR count). The average Bonchev–Trinajstić information content (AvgIpc) is 2.29. The zero-order valence-corrected chi connectivity index (χ0v) is 8.71. The largest absolute Gasteiger partial charge is 0.493 e. The van der Waals surface area contributed by atoms with E-state index in [2.05, 4.69) is 13.2 Å². The van der Waals surface area contributed by atoms with Gasteiger partial charge in [-0.25, -0.2) is 0 Å². The monoisotopic (exact) mass is 206 g/mol. The summed E-state index contributed by atoms with van der Waals surface area (Å²) in [4.78, 5) is 0. The maximum atomic E-state index is 11.9. The molecular weight excluding hydrogens is 191 g/mol. The molecule has 1 aromatic rings. The predicted octanol–water partition coefficient (Wildman–Crippen LogP) is 3.71. The molecule has 2 heteroatoms. The molecule has 0 spiro atoms. The number of benzene rings is 1. The van der Waals surface area contributed by atoms with Gasteiger partial charge in [0, 0.05) is 6.42 Å². The molecule has 1 aromatic carbocycles. The number of ether oxygens (including phenoxy) is 1. The van der Waals surface area contributed by atoms with Gasteiger partial charge in [0.25, 0.3) is 0 Å². The standard InChI is InChI=1S/C13H15FO/c1-3-11-6-7-13(10-12(11)4-2)15-9-5-8-14/h3-4,6-7,10H,1-2,5,8-9H2. The van der Waals surface area contributed by atoms with Crippen LogP contribution in [0.1, 0.15) is 17.5 Å². The maximum absolute atomic E-state index is 11.9. The van der Waals surface area contributed by atoms with E-state index < -0.39 is 0 Å². The summed E-state index contributed by atoms with van der Waals surface area (Å²) in [6, 6.07) is 5.64. The van der Waals surface area contributed by atoms with Crippen molar-refractivity contribution in [2.24, 2.45) is 0 Å². The van der Waals surface area contributed by atoms with E-state index in [0.717, 1.165) is 16.9 Å². The smallest absolute Gasteiger partial charge is 0.119 e. The molecule has 0 aliphatic heterocycles. The third-order valence-corrected chi connectivity index (χ3v) is 2.04. The van der Waals surface area contributed by atoms with Crippen molar-refractivity contribution in [3.8, 4) is 5.75 Å². The van der Waals surface area contributed by atoms with Gasteiger partial charge in [-0.05, 0) is 23.3 Å². The molecule has 0 aliphatic carbocycles. The first-order valence-corrected chi connectivity index (χ1v) is 4.89. The molecule has 0 radical (unpaired) electrons. The maximum Gasteiger partial charge on any atom is 0.119 e. The summed E-state index contributed by atoms with van der Waals surface area (Å²) in [7, 11) is 0. The molecule has 0 aromatic heterocycles. The molecule has 1 nitrogen and oxygen atoms in total. The molecule has 0 N–H and O–H groups in total. The zero-order chi connectivity index (χ0) is 11.1. The molecule has 0 heterocycles. The number of halogens is 1. The van der Waals surface area contributed by atoms with Crippen molar-refractivity contribution in [2.45, 2.75) is 6.42 Å². The fourth-order valence-electron chi connectivity index (χ4n) is 1.25. The van der Waals surface area contributed by atoms with Crippen molar-refractivity contribution in [2.75, 3.05) is 13.3 Å². The first-order valence-electron chi connectivity index (χ1n) is 4.89. The molecule has 15 heavy (non-hydrogen) atoms. The lowest BCUT2D eigenvalue weighted by Gasteiger charge is -2.07. The summed E-state index contributed by atoms with van der Waals surface area (Å²) >= 11 is 0. The van der Waals surface area contributed by atoms with Crippen molar-refractivity contribution in [3.63, 3.8) is 0 Å². The Balaban J connectivity index is 2.74. The molecule has 0 unspecified atom stereocenters. The van der Waals surface area contributed by atoms with Gasteiger partial charge in [-0.3, -0.25) is 4.39 Å². The molecule has 0 bridgehead atoms. The second-order valence-electron chi connectivity index (χ2n) is 3.09. The van der Waals surface area contributed by atoms with Crippen LogP contribution in [0.2, 0.25) is 0 Å². The van der Waals surface area contributed by atoms with Crippen LogP contribution in [0.15, 0.2) is 31.4 Å². The second kappa shape index (κ2) is 6.02. The Bertz CT molecular complexity index is 344. The third kappa shape index (κ3) is 3.24. The lowest BCUT2D eigenvalue weighted by Crippen LogP contribution is -1.98. The first-order chi connectivity index (χ1) is 7.31. The van der Waals surface area contributed by atoms with Gasteiger partial charge in [0.2, 0.25) is 0 Å². The fraction of sp³-hybridized carbons (Fsp3) is 0.231. The topological polar surface area (TPSA) is 9.23 Å². The molecule has 0 aliphatic rings. The Morgan fingerprint density at radius 2 is 1.93 bits per heavy atom. The number of alkyl halides is 1. The van der Waals surface area contributed by atoms with Gasteiger partial charge in [0.1, 0.15) is 5.75 Å². The Morgan fingerprint density at radius 3 is 2.53 bits per heavy atom. The van der Waals surface area contributed by atoms with E-state index >= 15 is 0 Å². The summed E-state index contributed by atoms with van der Waals surface area (Å²) in [6.07, 6.45) is 3.94. The van der Waals surface area contributed by atoms with Gasteiger partial charge < -0.3 is 4.74 Å². The average molecular weight is 206 g/mol. The van der Waals surface area contributed by atoms with Crippen LogP contribution in [-0.4, -0.2) is 13.3 Å². The normalized spacial score (nSPS) is 9.67. The molecule has 0 atom stereocenters. The summed E-state index contributed by atoms with van der Waals surface area (Å²) in [6.45, 7) is 7.48. The minimum Gasteiger partial charge on any atom is -0.493 e. The highest BCUT2D eigenvalue weighted by atomic mass is 19.1. The lowest BCUT2D eigenvalue weighted by atomic mass is 10.1. The Kier molecular flexibility index (Phi) is 4.61. The first kappa shape index (κ1) is 11.5. The van der Waals surface area contributed by atoms with Crippen LogP contribution in [0.25, 0.3) is 12.2 Å². The van der Waals surface area contributed by atoms with Crippen molar-refractivity contribution in [1.29, 1.82) is 0 Å². The Labute approximate surface area is 89.9 Å². The van der Waals surface area contributed by atoms with E-state index in [1.807, 2.05) is 18.2 Å². The third-order valence-electron chi connectivity index (χ3n) is 2.04. The van der Waals surface area contributed by atoms with Gasteiger partial charge in [0.15, 0.2) is 0 Å². The van der Waals surface area contributed by atoms with Crippen LogP contribution in [0.4, 0.5) is 4.39 Å². The molecule has 0 fully saturated rings. The minimum absolute atomic E-state index is 0.348. The molecule has 0 amide bonds. The predicted molar refractivity (Wildman–Crippen MR) is 62.7 cm³/mol. The van der Waals surface area contributed by atoms with Crippen LogP contribution >= 0.6 is 0 Å². The molecule has 0 saturated carbocycles. The highest BCUT2D eigenvalue weighted by Gasteiger charge is 1.99. The van der Waals surface area contributed by atoms with E-state index in [1.54, 1.807) is 12.2 Å². The van der Waals surface area contributed by atoms with Crippen LogP contribution in [0, 0.1) is 0 Å². The number of rotatable bonds is 6. The van der Waals surface area contributed by atoms with Gasteiger partial charge in [-0.15, -0.1) is 0 Å². The molecular formula is C13H15FO. The van der Waals surface area contributed by atoms with Gasteiger partial charge >= 0.3 is 0 Å². The molecule has 0 saturated heterocycles. The van der Waals surface area contributed by atoms with E-state index in [9.17, 15) is 4.39 Å². The lowest BCUT2D eigenvalue weighted by molar-refractivity contribution is 0.289. The zero-order valence-electron chi connectivity index (χ0n) is 8.71. The van der Waals surface area contributed by atoms with Crippen LogP contribution in [0.5, 0.6) is 5.75 Å². The minimum atomic E-state index is -0.348. The summed E-state index contributed by atoms with van der Waals surface area (Å²) < 4.78 is 17.2. The van der Waals surface area contributed by atoms with E-state index in [4.69, 9.17) is 4.74 Å². The summed E-state index contributed by atoms with van der Waals surface area (Å²) in [5.74, 6) is 0.740. The fourth-order valence-corrected chi connectivity index (χ4v) is 1.25. The quantitative estimate of drug-likeness (QED) is 0.645. The van der Waals surface area contributed by atoms with Crippen LogP contribution in [-0.2, 0) is 0 Å². The van der Waals surface area contributed by atoms with Gasteiger partial charge in [0.05, 0.1) is 13.3 Å². The Hall–Kier alpha value is -1.57.